The second-order valence-corrected chi connectivity index (χ2v) is 6.82. The number of rotatable bonds is 3. The molecule has 4 rings (SSSR count). The molecular formula is C19H19N5O2S. The fraction of sp³-hybridized carbons (Fsp3) is 0.211. The quantitative estimate of drug-likeness (QED) is 0.470. The number of benzene rings is 2. The van der Waals surface area contributed by atoms with Crippen molar-refractivity contribution in [1.82, 2.24) is 24.3 Å². The SMILES string of the molecule is CCc1cc(-c2n[nH]c(=S)n2-c2ccc3c(c2)nc(C)n3C)c(O)cc1O. The van der Waals surface area contributed by atoms with Crippen molar-refractivity contribution < 1.29 is 10.2 Å². The molecule has 0 atom stereocenters. The maximum Gasteiger partial charge on any atom is 0.200 e. The van der Waals surface area contributed by atoms with E-state index in [-0.39, 0.29) is 11.5 Å². The molecule has 3 N–H and O–H groups in total. The highest BCUT2D eigenvalue weighted by atomic mass is 32.1. The van der Waals surface area contributed by atoms with Crippen molar-refractivity contribution in [1.29, 1.82) is 0 Å². The van der Waals surface area contributed by atoms with Gasteiger partial charge in [0.2, 0.25) is 0 Å². The molecule has 0 bridgehead atoms. The smallest absolute Gasteiger partial charge is 0.200 e. The van der Waals surface area contributed by atoms with Crippen molar-refractivity contribution in [3.05, 3.63) is 46.5 Å². The molecule has 2 aromatic heterocycles. The molecule has 0 fully saturated rings. The van der Waals surface area contributed by atoms with Crippen LogP contribution in [0.15, 0.2) is 30.3 Å². The van der Waals surface area contributed by atoms with Crippen LogP contribution in [0.1, 0.15) is 18.3 Å². The van der Waals surface area contributed by atoms with Gasteiger partial charge in [0.05, 0.1) is 22.3 Å². The molecular weight excluding hydrogens is 362 g/mol. The summed E-state index contributed by atoms with van der Waals surface area (Å²) in [5, 5.41) is 27.5. The first-order valence-corrected chi connectivity index (χ1v) is 8.97. The van der Waals surface area contributed by atoms with Crippen LogP contribution >= 0.6 is 12.2 Å². The minimum Gasteiger partial charge on any atom is -0.508 e. The standard InChI is InChI=1S/C19H19N5O2S/c1-4-11-7-13(17(26)9-16(11)25)18-21-22-19(27)24(18)12-5-6-15-14(8-12)20-10(2)23(15)3/h5-9,25-26H,4H2,1-3H3,(H,22,27). The molecule has 8 heteroatoms. The molecule has 0 amide bonds. The maximum absolute atomic E-state index is 10.4. The Hall–Kier alpha value is -3.13. The minimum absolute atomic E-state index is 0.0600. The van der Waals surface area contributed by atoms with Crippen molar-refractivity contribution in [2.75, 3.05) is 0 Å². The lowest BCUT2D eigenvalue weighted by atomic mass is 10.1. The van der Waals surface area contributed by atoms with E-state index in [1.54, 1.807) is 10.6 Å². The van der Waals surface area contributed by atoms with E-state index in [9.17, 15) is 10.2 Å². The molecule has 4 aromatic rings. The van der Waals surface area contributed by atoms with Gasteiger partial charge in [-0.25, -0.2) is 4.98 Å². The van der Waals surface area contributed by atoms with Gasteiger partial charge in [-0.2, -0.15) is 5.10 Å². The number of aromatic nitrogens is 5. The highest BCUT2D eigenvalue weighted by Crippen LogP contribution is 2.35. The van der Waals surface area contributed by atoms with E-state index >= 15 is 0 Å². The molecule has 0 radical (unpaired) electrons. The number of nitrogens with zero attached hydrogens (tertiary/aromatic N) is 4. The average molecular weight is 381 g/mol. The van der Waals surface area contributed by atoms with E-state index in [2.05, 4.69) is 15.2 Å². The third kappa shape index (κ3) is 2.69. The van der Waals surface area contributed by atoms with Crippen LogP contribution in [0.3, 0.4) is 0 Å². The first kappa shape index (κ1) is 17.3. The van der Waals surface area contributed by atoms with Gasteiger partial charge in [0.1, 0.15) is 17.3 Å². The Morgan fingerprint density at radius 3 is 2.67 bits per heavy atom. The Labute approximate surface area is 160 Å². The molecule has 27 heavy (non-hydrogen) atoms. The van der Waals surface area contributed by atoms with Gasteiger partial charge in [0, 0.05) is 13.1 Å². The monoisotopic (exact) mass is 381 g/mol. The van der Waals surface area contributed by atoms with E-state index in [1.165, 1.54) is 6.07 Å². The maximum atomic E-state index is 10.4. The van der Waals surface area contributed by atoms with Crippen molar-refractivity contribution >= 4 is 23.3 Å². The Balaban J connectivity index is 1.95. The topological polar surface area (TPSA) is 91.9 Å². The normalized spacial score (nSPS) is 11.4. The number of phenolic OH excluding ortho intramolecular Hbond substituents is 2. The number of phenols is 2. The number of aryl methyl sites for hydroxylation is 3. The number of aromatic hydroxyl groups is 2. The summed E-state index contributed by atoms with van der Waals surface area (Å²) in [6.45, 7) is 3.89. The summed E-state index contributed by atoms with van der Waals surface area (Å²) < 4.78 is 4.18. The van der Waals surface area contributed by atoms with Gasteiger partial charge in [-0.3, -0.25) is 9.67 Å². The third-order valence-electron chi connectivity index (χ3n) is 4.84. The van der Waals surface area contributed by atoms with Gasteiger partial charge in [-0.05, 0) is 55.4 Å². The summed E-state index contributed by atoms with van der Waals surface area (Å²) in [5.74, 6) is 1.39. The Morgan fingerprint density at radius 1 is 1.15 bits per heavy atom. The van der Waals surface area contributed by atoms with Crippen LogP contribution in [-0.2, 0) is 13.5 Å². The summed E-state index contributed by atoms with van der Waals surface area (Å²) in [6.07, 6.45) is 0.628. The number of aromatic amines is 1. The number of H-pyrrole nitrogens is 1. The van der Waals surface area contributed by atoms with Crippen molar-refractivity contribution in [2.45, 2.75) is 20.3 Å². The van der Waals surface area contributed by atoms with Gasteiger partial charge >= 0.3 is 0 Å². The molecule has 0 saturated heterocycles. The number of fused-ring (bicyclic) bond motifs is 1. The predicted octanol–water partition coefficient (Wildman–Crippen LogP) is 3.77. The molecule has 0 unspecified atom stereocenters. The van der Waals surface area contributed by atoms with E-state index in [0.717, 1.165) is 28.1 Å². The number of nitrogens with one attached hydrogen (secondary N) is 1. The van der Waals surface area contributed by atoms with Crippen LogP contribution in [0, 0.1) is 11.7 Å². The zero-order valence-corrected chi connectivity index (χ0v) is 16.0. The van der Waals surface area contributed by atoms with Crippen LogP contribution in [0.25, 0.3) is 28.1 Å². The van der Waals surface area contributed by atoms with Gasteiger partial charge in [-0.1, -0.05) is 6.92 Å². The lowest BCUT2D eigenvalue weighted by molar-refractivity contribution is 0.447. The summed E-state index contributed by atoms with van der Waals surface area (Å²) in [4.78, 5) is 4.57. The fourth-order valence-electron chi connectivity index (χ4n) is 3.25. The molecule has 0 saturated carbocycles. The summed E-state index contributed by atoms with van der Waals surface area (Å²) >= 11 is 5.43. The molecule has 0 aliphatic rings. The van der Waals surface area contributed by atoms with Crippen molar-refractivity contribution in [3.63, 3.8) is 0 Å². The van der Waals surface area contributed by atoms with Gasteiger partial charge in [-0.15, -0.1) is 0 Å². The van der Waals surface area contributed by atoms with Crippen LogP contribution in [0.4, 0.5) is 0 Å². The van der Waals surface area contributed by atoms with Crippen LogP contribution in [0.2, 0.25) is 0 Å². The van der Waals surface area contributed by atoms with E-state index in [4.69, 9.17) is 12.2 Å². The molecule has 2 aromatic carbocycles. The predicted molar refractivity (Wildman–Crippen MR) is 106 cm³/mol. The first-order valence-electron chi connectivity index (χ1n) is 8.56. The lowest BCUT2D eigenvalue weighted by Gasteiger charge is -2.11. The van der Waals surface area contributed by atoms with Crippen molar-refractivity contribution in [2.24, 2.45) is 7.05 Å². The van der Waals surface area contributed by atoms with Crippen LogP contribution in [-0.4, -0.2) is 34.5 Å². The van der Waals surface area contributed by atoms with Crippen molar-refractivity contribution in [3.8, 4) is 28.6 Å². The van der Waals surface area contributed by atoms with Crippen LogP contribution < -0.4 is 0 Å². The average Bonchev–Trinajstić information content (AvgIpc) is 3.15. The van der Waals surface area contributed by atoms with E-state index in [0.29, 0.717) is 22.6 Å². The lowest BCUT2D eigenvalue weighted by Crippen LogP contribution is -1.99. The van der Waals surface area contributed by atoms with Crippen LogP contribution in [0.5, 0.6) is 11.5 Å². The molecule has 138 valence electrons. The zero-order valence-electron chi connectivity index (χ0n) is 15.2. The summed E-state index contributed by atoms with van der Waals surface area (Å²) in [7, 11) is 1.97. The van der Waals surface area contributed by atoms with Gasteiger partial charge in [0.15, 0.2) is 10.6 Å². The Kier molecular flexibility index (Phi) is 4.00. The largest absolute Gasteiger partial charge is 0.508 e. The zero-order chi connectivity index (χ0) is 19.3. The molecule has 7 nitrogen and oxygen atoms in total. The van der Waals surface area contributed by atoms with Gasteiger partial charge < -0.3 is 14.8 Å². The molecule has 2 heterocycles. The second-order valence-electron chi connectivity index (χ2n) is 6.43. The molecule has 0 aliphatic carbocycles. The molecule has 0 spiro atoms. The highest BCUT2D eigenvalue weighted by Gasteiger charge is 2.17. The number of hydrogen-bond acceptors (Lipinski definition) is 5. The Morgan fingerprint density at radius 2 is 1.93 bits per heavy atom. The van der Waals surface area contributed by atoms with E-state index < -0.39 is 0 Å². The summed E-state index contributed by atoms with van der Waals surface area (Å²) in [5.41, 5.74) is 3.88. The van der Waals surface area contributed by atoms with Gasteiger partial charge in [0.25, 0.3) is 0 Å². The minimum atomic E-state index is -0.0605. The highest BCUT2D eigenvalue weighted by molar-refractivity contribution is 7.71. The molecule has 0 aliphatic heterocycles. The summed E-state index contributed by atoms with van der Waals surface area (Å²) in [6, 6.07) is 8.93. The number of hydrogen-bond donors (Lipinski definition) is 3. The fourth-order valence-corrected chi connectivity index (χ4v) is 3.49. The van der Waals surface area contributed by atoms with E-state index in [1.807, 2.05) is 43.7 Å². The second kappa shape index (κ2) is 6.24. The first-order chi connectivity index (χ1) is 12.9. The Bertz CT molecular complexity index is 1240. The number of imidazole rings is 1. The third-order valence-corrected chi connectivity index (χ3v) is 5.11.